The van der Waals surface area contributed by atoms with Crippen molar-refractivity contribution in [3.05, 3.63) is 47.5 Å². The Morgan fingerprint density at radius 2 is 1.88 bits per heavy atom. The van der Waals surface area contributed by atoms with E-state index in [1.807, 2.05) is 37.3 Å². The zero-order valence-corrected chi connectivity index (χ0v) is 30.4. The first-order chi connectivity index (χ1) is 24.5. The number of carbonyl (C=O) groups excluding carboxylic acids is 3. The minimum atomic E-state index is -1.83. The molecule has 4 heterocycles. The number of thioether (sulfide) groups is 1. The lowest BCUT2D eigenvalue weighted by Crippen LogP contribution is -2.76. The number of ketones is 1. The molecule has 4 aliphatic carbocycles. The zero-order chi connectivity index (χ0) is 35.4. The van der Waals surface area contributed by atoms with Gasteiger partial charge in [-0.1, -0.05) is 37.3 Å². The molecule has 9 rings (SSSR count). The molecule has 4 saturated carbocycles. The summed E-state index contributed by atoms with van der Waals surface area (Å²) in [5, 5.41) is 27.6. The van der Waals surface area contributed by atoms with Crippen LogP contribution in [0.1, 0.15) is 88.4 Å². The van der Waals surface area contributed by atoms with Crippen LogP contribution in [0.5, 0.6) is 0 Å². The van der Waals surface area contributed by atoms with E-state index in [1.165, 1.54) is 6.29 Å². The van der Waals surface area contributed by atoms with Crippen molar-refractivity contribution < 1.29 is 43.5 Å². The summed E-state index contributed by atoms with van der Waals surface area (Å²) in [5.74, 6) is -0.919. The fraction of sp³-hybridized carbons (Fsp3) is 0.725. The number of aldehydes is 1. The average molecular weight is 722 g/mol. The molecule has 4 aliphatic heterocycles. The fourth-order valence-electron chi connectivity index (χ4n) is 12.9. The molecule has 8 aliphatic rings. The Labute approximate surface area is 303 Å². The number of Topliss-reactive ketones (excluding diaryl/α,β-unsaturated/α-hetero) is 1. The number of cyclic esters (lactones) is 1. The van der Waals surface area contributed by atoms with Crippen LogP contribution in [0.25, 0.3) is 0 Å². The molecule has 14 atom stereocenters. The number of hydrogen-bond acceptors (Lipinski definition) is 11. The fourth-order valence-corrected chi connectivity index (χ4v) is 14.6. The minimum Gasteiger partial charge on any atom is -0.458 e. The van der Waals surface area contributed by atoms with Crippen LogP contribution >= 0.6 is 11.8 Å². The highest BCUT2D eigenvalue weighted by Gasteiger charge is 2.73. The molecular weight excluding hydrogens is 671 g/mol. The van der Waals surface area contributed by atoms with Gasteiger partial charge in [0.1, 0.15) is 17.8 Å². The quantitative estimate of drug-likeness (QED) is 0.165. The Morgan fingerprint density at radius 1 is 1.06 bits per heavy atom. The molecule has 0 bridgehead atoms. The molecule has 276 valence electrons. The average Bonchev–Trinajstić information content (AvgIpc) is 3.82. The van der Waals surface area contributed by atoms with Crippen molar-refractivity contribution in [3.63, 3.8) is 0 Å². The maximum Gasteiger partial charge on any atom is 0.331 e. The molecule has 0 aromatic heterocycles. The van der Waals surface area contributed by atoms with Crippen LogP contribution in [0.3, 0.4) is 0 Å². The Kier molecular flexibility index (Phi) is 8.28. The first-order valence-electron chi connectivity index (χ1n) is 19.2. The molecule has 3 saturated heterocycles. The van der Waals surface area contributed by atoms with E-state index in [2.05, 4.69) is 12.2 Å². The van der Waals surface area contributed by atoms with Crippen LogP contribution in [-0.4, -0.2) is 88.5 Å². The van der Waals surface area contributed by atoms with Gasteiger partial charge in [-0.2, -0.15) is 0 Å². The predicted octanol–water partition coefficient (Wildman–Crippen LogP) is 4.56. The third-order valence-corrected chi connectivity index (χ3v) is 16.9. The molecule has 7 fully saturated rings. The number of hydrogen-bond donors (Lipinski definition) is 3. The zero-order valence-electron chi connectivity index (χ0n) is 29.6. The summed E-state index contributed by atoms with van der Waals surface area (Å²) in [6.45, 7) is 4.68. The Bertz CT molecular complexity index is 1620. The van der Waals surface area contributed by atoms with Crippen molar-refractivity contribution in [1.82, 2.24) is 5.32 Å². The second kappa shape index (κ2) is 12.2. The van der Waals surface area contributed by atoms with E-state index in [9.17, 15) is 24.6 Å². The number of aliphatic hydroxyl groups is 2. The van der Waals surface area contributed by atoms with Gasteiger partial charge in [0.05, 0.1) is 18.3 Å². The Morgan fingerprint density at radius 3 is 2.63 bits per heavy atom. The number of rotatable bonds is 6. The van der Waals surface area contributed by atoms with Crippen molar-refractivity contribution in [2.75, 3.05) is 19.0 Å². The first-order valence-corrected chi connectivity index (χ1v) is 20.1. The van der Waals surface area contributed by atoms with Crippen molar-refractivity contribution in [2.45, 2.75) is 119 Å². The second-order valence-corrected chi connectivity index (χ2v) is 18.6. The van der Waals surface area contributed by atoms with Gasteiger partial charge in [0, 0.05) is 53.7 Å². The van der Waals surface area contributed by atoms with E-state index >= 15 is 0 Å². The largest absolute Gasteiger partial charge is 0.458 e. The molecule has 1 unspecified atom stereocenters. The topological polar surface area (TPSA) is 141 Å². The highest BCUT2D eigenvalue weighted by molar-refractivity contribution is 8.01. The van der Waals surface area contributed by atoms with Crippen molar-refractivity contribution >= 4 is 29.8 Å². The Balaban J connectivity index is 0.983. The lowest BCUT2D eigenvalue weighted by atomic mass is 9.40. The normalized spacial score (nSPS) is 49.9. The summed E-state index contributed by atoms with van der Waals surface area (Å²) in [6.07, 6.45) is 7.98. The standard InChI is InChI=1S/C40H51NO9S/c1-23-17-39(41-27(20-51-39)16-31(44)24-6-4-3-5-7-24)40(46)35(48-23)49-32-15-26-8-9-30-29(37(26,21-42)18-33(32)50-40)10-12-36(2)28(11-13-38(30,36)22-43)25-14-34(45)47-19-25/h3-7,14,21,23,26-30,32-33,35,41,43,46H,8-13,15-20,22H2,1-2H3/t23-,26+,27+,28-,29+,30-,32-,33-,35+,36-,37-,38+,39+,40?/m1/s1. The number of nitrogens with one attached hydrogen (secondary N) is 1. The van der Waals surface area contributed by atoms with Crippen LogP contribution < -0.4 is 5.32 Å². The second-order valence-electron chi connectivity index (χ2n) is 17.3. The highest BCUT2D eigenvalue weighted by Crippen LogP contribution is 2.73. The van der Waals surface area contributed by atoms with Crippen molar-refractivity contribution in [1.29, 1.82) is 0 Å². The number of fused-ring (bicyclic) bond motifs is 8. The van der Waals surface area contributed by atoms with E-state index in [0.29, 0.717) is 43.6 Å². The molecule has 0 radical (unpaired) electrons. The smallest absolute Gasteiger partial charge is 0.331 e. The first kappa shape index (κ1) is 34.6. The van der Waals surface area contributed by atoms with Crippen LogP contribution in [-0.2, 0) is 28.5 Å². The number of esters is 1. The van der Waals surface area contributed by atoms with Crippen LogP contribution in [0, 0.1) is 39.9 Å². The highest BCUT2D eigenvalue weighted by atomic mass is 32.2. The number of benzene rings is 1. The summed E-state index contributed by atoms with van der Waals surface area (Å²) in [4.78, 5) is 38.0. The minimum absolute atomic E-state index is 0.0491. The van der Waals surface area contributed by atoms with Crippen LogP contribution in [0.2, 0.25) is 0 Å². The third-order valence-electron chi connectivity index (χ3n) is 15.3. The molecule has 1 aromatic rings. The molecule has 10 nitrogen and oxygen atoms in total. The molecular formula is C40H51NO9S. The van der Waals surface area contributed by atoms with Crippen LogP contribution in [0.15, 0.2) is 42.0 Å². The summed E-state index contributed by atoms with van der Waals surface area (Å²) < 4.78 is 25.2. The van der Waals surface area contributed by atoms with Gasteiger partial charge < -0.3 is 34.0 Å². The van der Waals surface area contributed by atoms with Gasteiger partial charge in [-0.25, -0.2) is 4.79 Å². The van der Waals surface area contributed by atoms with E-state index < -0.39 is 28.5 Å². The van der Waals surface area contributed by atoms with Gasteiger partial charge in [0.25, 0.3) is 0 Å². The molecule has 3 N–H and O–H groups in total. The van der Waals surface area contributed by atoms with E-state index in [1.54, 1.807) is 17.8 Å². The number of aliphatic hydroxyl groups excluding tert-OH is 1. The van der Waals surface area contributed by atoms with Gasteiger partial charge in [0.15, 0.2) is 5.78 Å². The van der Waals surface area contributed by atoms with Gasteiger partial charge in [-0.05, 0) is 93.0 Å². The number of carbonyl (C=O) groups is 3. The van der Waals surface area contributed by atoms with Gasteiger partial charge >= 0.3 is 5.97 Å². The third kappa shape index (κ3) is 4.87. The monoisotopic (exact) mass is 721 g/mol. The maximum atomic E-state index is 13.7. The van der Waals surface area contributed by atoms with Gasteiger partial charge in [-0.3, -0.25) is 10.1 Å². The lowest BCUT2D eigenvalue weighted by Gasteiger charge is -2.66. The number of ether oxygens (including phenoxy) is 4. The summed E-state index contributed by atoms with van der Waals surface area (Å²) in [5.41, 5.74) is 0.500. The van der Waals surface area contributed by atoms with E-state index in [-0.39, 0.29) is 71.1 Å². The van der Waals surface area contributed by atoms with Gasteiger partial charge in [-0.15, -0.1) is 11.8 Å². The summed E-state index contributed by atoms with van der Waals surface area (Å²) >= 11 is 1.58. The lowest BCUT2D eigenvalue weighted by molar-refractivity contribution is -0.448. The molecule has 0 amide bonds. The molecule has 11 heteroatoms. The van der Waals surface area contributed by atoms with E-state index in [0.717, 1.165) is 44.1 Å². The summed E-state index contributed by atoms with van der Waals surface area (Å²) in [6, 6.07) is 9.13. The van der Waals surface area contributed by atoms with Crippen LogP contribution in [0.4, 0.5) is 0 Å². The van der Waals surface area contributed by atoms with Crippen molar-refractivity contribution in [3.8, 4) is 0 Å². The molecule has 1 aromatic carbocycles. The maximum absolute atomic E-state index is 13.7. The van der Waals surface area contributed by atoms with Gasteiger partial charge in [0.2, 0.25) is 12.1 Å². The summed E-state index contributed by atoms with van der Waals surface area (Å²) in [7, 11) is 0. The SMILES string of the molecule is C[C@@H]1C[C@@]2(N[C@@H](CC(=O)c3ccccc3)CS2)C2(O)O[C@@H]3C[C@@]4(C=O)[C@@H](CC[C@@H]5[C@@H]4CC[C@]4(C)[C@@H](C6=CC(=O)OC6)CC[C@]54CO)C[C@H]3O[C@@H]2O1. The van der Waals surface area contributed by atoms with Crippen molar-refractivity contribution in [2.24, 2.45) is 39.9 Å². The Hall–Kier alpha value is -2.12. The molecule has 51 heavy (non-hydrogen) atoms. The van der Waals surface area contributed by atoms with E-state index in [4.69, 9.17) is 18.9 Å². The predicted molar refractivity (Wildman–Crippen MR) is 187 cm³/mol. The molecule has 1 spiro atoms.